The van der Waals surface area contributed by atoms with Crippen LogP contribution in [0.1, 0.15) is 13.3 Å². The van der Waals surface area contributed by atoms with Gasteiger partial charge in [-0.15, -0.1) is 0 Å². The lowest BCUT2D eigenvalue weighted by atomic mass is 10.3. The SMILES string of the molecule is CC(CC(=O)O)S(=O)(=O)CC(=O)Nc1ccccc1F. The van der Waals surface area contributed by atoms with Crippen LogP contribution >= 0.6 is 0 Å². The highest BCUT2D eigenvalue weighted by Crippen LogP contribution is 2.13. The molecule has 1 atom stereocenters. The number of halogens is 1. The average Bonchev–Trinajstić information content (AvgIpc) is 2.30. The zero-order valence-electron chi connectivity index (χ0n) is 10.7. The van der Waals surface area contributed by atoms with Crippen molar-refractivity contribution in [2.75, 3.05) is 11.1 Å². The van der Waals surface area contributed by atoms with Crippen LogP contribution in [0.15, 0.2) is 24.3 Å². The summed E-state index contributed by atoms with van der Waals surface area (Å²) in [5, 5.41) is 9.48. The summed E-state index contributed by atoms with van der Waals surface area (Å²) >= 11 is 0. The molecule has 20 heavy (non-hydrogen) atoms. The van der Waals surface area contributed by atoms with E-state index in [1.807, 2.05) is 0 Å². The number of hydrogen-bond acceptors (Lipinski definition) is 4. The Labute approximate surface area is 115 Å². The smallest absolute Gasteiger partial charge is 0.304 e. The minimum absolute atomic E-state index is 0.126. The van der Waals surface area contributed by atoms with Crippen molar-refractivity contribution in [2.45, 2.75) is 18.6 Å². The minimum atomic E-state index is -3.90. The number of carbonyl (C=O) groups excluding carboxylic acids is 1. The highest BCUT2D eigenvalue weighted by molar-refractivity contribution is 7.92. The highest BCUT2D eigenvalue weighted by Gasteiger charge is 2.26. The van der Waals surface area contributed by atoms with Crippen LogP contribution in [0.2, 0.25) is 0 Å². The van der Waals surface area contributed by atoms with E-state index in [0.29, 0.717) is 0 Å². The number of rotatable bonds is 6. The zero-order valence-corrected chi connectivity index (χ0v) is 11.5. The van der Waals surface area contributed by atoms with Gasteiger partial charge in [0.25, 0.3) is 0 Å². The highest BCUT2D eigenvalue weighted by atomic mass is 32.2. The van der Waals surface area contributed by atoms with Gasteiger partial charge < -0.3 is 10.4 Å². The van der Waals surface area contributed by atoms with Crippen LogP contribution in [0.4, 0.5) is 10.1 Å². The van der Waals surface area contributed by atoms with Gasteiger partial charge in [-0.1, -0.05) is 12.1 Å². The second kappa shape index (κ2) is 6.47. The fourth-order valence-corrected chi connectivity index (χ4v) is 2.57. The number of carbonyl (C=O) groups is 2. The molecule has 0 spiro atoms. The predicted molar refractivity (Wildman–Crippen MR) is 70.5 cm³/mol. The van der Waals surface area contributed by atoms with Gasteiger partial charge in [-0.3, -0.25) is 9.59 Å². The van der Waals surface area contributed by atoms with E-state index in [4.69, 9.17) is 5.11 Å². The molecule has 0 aromatic heterocycles. The first-order valence-electron chi connectivity index (χ1n) is 5.70. The molecule has 0 aliphatic heterocycles. The summed E-state index contributed by atoms with van der Waals surface area (Å²) in [6.45, 7) is 1.21. The maximum absolute atomic E-state index is 13.3. The number of anilines is 1. The van der Waals surface area contributed by atoms with Gasteiger partial charge in [0.2, 0.25) is 5.91 Å². The van der Waals surface area contributed by atoms with E-state index in [9.17, 15) is 22.4 Å². The molecule has 0 bridgehead atoms. The molecule has 0 aliphatic carbocycles. The number of carboxylic acid groups (broad SMARTS) is 1. The van der Waals surface area contributed by atoms with Crippen LogP contribution in [0.5, 0.6) is 0 Å². The topological polar surface area (TPSA) is 101 Å². The number of benzene rings is 1. The molecule has 0 heterocycles. The van der Waals surface area contributed by atoms with E-state index in [1.54, 1.807) is 0 Å². The van der Waals surface area contributed by atoms with E-state index in [1.165, 1.54) is 25.1 Å². The Morgan fingerprint density at radius 3 is 2.50 bits per heavy atom. The lowest BCUT2D eigenvalue weighted by Crippen LogP contribution is -2.31. The summed E-state index contributed by atoms with van der Waals surface area (Å²) in [6, 6.07) is 5.33. The molecule has 0 radical (unpaired) electrons. The van der Waals surface area contributed by atoms with Crippen molar-refractivity contribution >= 4 is 27.4 Å². The van der Waals surface area contributed by atoms with Crippen molar-refractivity contribution < 1.29 is 27.5 Å². The first-order valence-corrected chi connectivity index (χ1v) is 7.41. The number of carboxylic acids is 1. The Balaban J connectivity index is 2.71. The number of para-hydroxylation sites is 1. The molecule has 1 aromatic rings. The molecule has 110 valence electrons. The number of aliphatic carboxylic acids is 1. The van der Waals surface area contributed by atoms with Crippen molar-refractivity contribution in [3.05, 3.63) is 30.1 Å². The predicted octanol–water partition coefficient (Wildman–Crippen LogP) is 1.04. The molecular formula is C12H14FNO5S. The number of amides is 1. The van der Waals surface area contributed by atoms with Crippen LogP contribution in [0.3, 0.4) is 0 Å². The normalized spacial score (nSPS) is 12.7. The average molecular weight is 303 g/mol. The molecule has 0 fully saturated rings. The van der Waals surface area contributed by atoms with Crippen molar-refractivity contribution in [1.29, 1.82) is 0 Å². The van der Waals surface area contributed by atoms with Crippen molar-refractivity contribution in [2.24, 2.45) is 0 Å². The number of nitrogens with one attached hydrogen (secondary N) is 1. The molecule has 0 aliphatic rings. The van der Waals surface area contributed by atoms with Crippen molar-refractivity contribution in [3.63, 3.8) is 0 Å². The van der Waals surface area contributed by atoms with Gasteiger partial charge in [-0.25, -0.2) is 12.8 Å². The van der Waals surface area contributed by atoms with E-state index in [0.717, 1.165) is 6.07 Å². The monoisotopic (exact) mass is 303 g/mol. The van der Waals surface area contributed by atoms with Gasteiger partial charge in [0.05, 0.1) is 17.4 Å². The lowest BCUT2D eigenvalue weighted by molar-refractivity contribution is -0.137. The van der Waals surface area contributed by atoms with Crippen molar-refractivity contribution in [1.82, 2.24) is 0 Å². The van der Waals surface area contributed by atoms with Gasteiger partial charge in [-0.05, 0) is 19.1 Å². The molecule has 1 aromatic carbocycles. The summed E-state index contributed by atoms with van der Waals surface area (Å²) < 4.78 is 36.7. The van der Waals surface area contributed by atoms with E-state index < -0.39 is 45.0 Å². The second-order valence-corrected chi connectivity index (χ2v) is 6.66. The fraction of sp³-hybridized carbons (Fsp3) is 0.333. The van der Waals surface area contributed by atoms with Gasteiger partial charge in [0.15, 0.2) is 9.84 Å². The Bertz CT molecular complexity index is 614. The standard InChI is InChI=1S/C12H14FNO5S/c1-8(6-12(16)17)20(18,19)7-11(15)14-10-5-3-2-4-9(10)13/h2-5,8H,6-7H2,1H3,(H,14,15)(H,16,17). The molecule has 6 nitrogen and oxygen atoms in total. The van der Waals surface area contributed by atoms with Gasteiger partial charge in [0, 0.05) is 0 Å². The van der Waals surface area contributed by atoms with Crippen LogP contribution in [-0.4, -0.2) is 36.4 Å². The van der Waals surface area contributed by atoms with Crippen molar-refractivity contribution in [3.8, 4) is 0 Å². The molecule has 1 unspecified atom stereocenters. The molecule has 8 heteroatoms. The Morgan fingerprint density at radius 2 is 1.95 bits per heavy atom. The van der Waals surface area contributed by atoms with E-state index in [-0.39, 0.29) is 5.69 Å². The molecular weight excluding hydrogens is 289 g/mol. The van der Waals surface area contributed by atoms with Crippen LogP contribution < -0.4 is 5.32 Å². The summed E-state index contributed by atoms with van der Waals surface area (Å²) in [6.07, 6.45) is -0.588. The quantitative estimate of drug-likeness (QED) is 0.818. The number of hydrogen-bond donors (Lipinski definition) is 2. The fourth-order valence-electron chi connectivity index (χ4n) is 1.45. The summed E-state index contributed by atoms with van der Waals surface area (Å²) in [7, 11) is -3.90. The molecule has 1 amide bonds. The third kappa shape index (κ3) is 4.61. The Hall–Kier alpha value is -1.96. The van der Waals surface area contributed by atoms with Crippen LogP contribution in [0.25, 0.3) is 0 Å². The van der Waals surface area contributed by atoms with Gasteiger partial charge in [0.1, 0.15) is 11.6 Å². The first kappa shape index (κ1) is 16.1. The summed E-state index contributed by atoms with van der Waals surface area (Å²) in [4.78, 5) is 22.0. The largest absolute Gasteiger partial charge is 0.481 e. The zero-order chi connectivity index (χ0) is 15.3. The molecule has 0 saturated heterocycles. The second-order valence-electron chi connectivity index (χ2n) is 4.24. The Morgan fingerprint density at radius 1 is 1.35 bits per heavy atom. The van der Waals surface area contributed by atoms with E-state index in [2.05, 4.69) is 5.32 Å². The van der Waals surface area contributed by atoms with Gasteiger partial charge in [-0.2, -0.15) is 0 Å². The number of sulfone groups is 1. The third-order valence-corrected chi connectivity index (χ3v) is 4.61. The first-order chi connectivity index (χ1) is 9.22. The van der Waals surface area contributed by atoms with Crippen LogP contribution in [0, 0.1) is 5.82 Å². The Kier molecular flexibility index (Phi) is 5.20. The molecule has 2 N–H and O–H groups in total. The molecule has 0 saturated carbocycles. The minimum Gasteiger partial charge on any atom is -0.481 e. The summed E-state index contributed by atoms with van der Waals surface area (Å²) in [5.74, 6) is -3.75. The van der Waals surface area contributed by atoms with Gasteiger partial charge >= 0.3 is 5.97 Å². The van der Waals surface area contributed by atoms with E-state index >= 15 is 0 Å². The maximum atomic E-state index is 13.3. The van der Waals surface area contributed by atoms with Crippen LogP contribution in [-0.2, 0) is 19.4 Å². The summed E-state index contributed by atoms with van der Waals surface area (Å²) in [5.41, 5.74) is -0.126. The lowest BCUT2D eigenvalue weighted by Gasteiger charge is -2.11. The maximum Gasteiger partial charge on any atom is 0.304 e. The molecule has 1 rings (SSSR count). The third-order valence-electron chi connectivity index (χ3n) is 2.56.